The Morgan fingerprint density at radius 2 is 2.00 bits per heavy atom. The molecule has 1 fully saturated rings. The number of nitrogens with one attached hydrogen (secondary N) is 1. The molecule has 1 aromatic carbocycles. The van der Waals surface area contributed by atoms with E-state index in [-0.39, 0.29) is 0 Å². The van der Waals surface area contributed by atoms with Gasteiger partial charge in [0.25, 0.3) is 0 Å². The Morgan fingerprint density at radius 3 is 2.47 bits per heavy atom. The van der Waals surface area contributed by atoms with Crippen LogP contribution in [0.2, 0.25) is 0 Å². The van der Waals surface area contributed by atoms with Crippen molar-refractivity contribution in [1.29, 1.82) is 0 Å². The lowest BCUT2D eigenvalue weighted by Crippen LogP contribution is -2.24. The van der Waals surface area contributed by atoms with Gasteiger partial charge in [0, 0.05) is 7.11 Å². The first-order valence-corrected chi connectivity index (χ1v) is 6.67. The third kappa shape index (κ3) is 3.08. The molecule has 1 aliphatic rings. The Hall–Kier alpha value is -0.860. The highest BCUT2D eigenvalue weighted by Crippen LogP contribution is 2.36. The average Bonchev–Trinajstić information content (AvgIpc) is 2.28. The van der Waals surface area contributed by atoms with E-state index in [1.807, 2.05) is 0 Å². The number of benzene rings is 1. The highest BCUT2D eigenvalue weighted by atomic mass is 16.5. The van der Waals surface area contributed by atoms with Crippen molar-refractivity contribution in [2.24, 2.45) is 0 Å². The number of hydrogen-bond acceptors (Lipinski definition) is 2. The van der Waals surface area contributed by atoms with Crippen molar-refractivity contribution in [2.45, 2.75) is 38.1 Å². The van der Waals surface area contributed by atoms with Crippen LogP contribution in [0.15, 0.2) is 24.3 Å². The van der Waals surface area contributed by atoms with E-state index in [9.17, 15) is 0 Å². The molecule has 94 valence electrons. The Labute approximate surface area is 104 Å². The molecule has 0 aromatic heterocycles. The first-order valence-electron chi connectivity index (χ1n) is 6.67. The fourth-order valence-corrected chi connectivity index (χ4v) is 2.43. The van der Waals surface area contributed by atoms with Gasteiger partial charge in [0.15, 0.2) is 0 Å². The van der Waals surface area contributed by atoms with Crippen molar-refractivity contribution in [2.75, 3.05) is 20.3 Å². The van der Waals surface area contributed by atoms with Gasteiger partial charge < -0.3 is 10.1 Å². The molecule has 0 amide bonds. The minimum Gasteiger partial charge on any atom is -0.383 e. The monoisotopic (exact) mass is 233 g/mol. The lowest BCUT2D eigenvalue weighted by Gasteiger charge is -2.26. The van der Waals surface area contributed by atoms with Gasteiger partial charge in [-0.25, -0.2) is 0 Å². The lowest BCUT2D eigenvalue weighted by atomic mass is 9.80. The molecular formula is C15H23NO. The van der Waals surface area contributed by atoms with E-state index >= 15 is 0 Å². The van der Waals surface area contributed by atoms with Gasteiger partial charge in [-0.3, -0.25) is 0 Å². The molecule has 1 aliphatic carbocycles. The van der Waals surface area contributed by atoms with Crippen LogP contribution in [-0.4, -0.2) is 20.3 Å². The van der Waals surface area contributed by atoms with Crippen molar-refractivity contribution >= 4 is 0 Å². The summed E-state index contributed by atoms with van der Waals surface area (Å²) in [5.41, 5.74) is 2.84. The van der Waals surface area contributed by atoms with Crippen molar-refractivity contribution in [3.63, 3.8) is 0 Å². The molecular weight excluding hydrogens is 210 g/mol. The zero-order valence-electron chi connectivity index (χ0n) is 10.9. The summed E-state index contributed by atoms with van der Waals surface area (Å²) < 4.78 is 5.26. The molecule has 0 bridgehead atoms. The second-order valence-electron chi connectivity index (χ2n) is 4.86. The summed E-state index contributed by atoms with van der Waals surface area (Å²) >= 11 is 0. The maximum Gasteiger partial charge on any atom is 0.0657 e. The molecule has 0 heterocycles. The summed E-state index contributed by atoms with van der Waals surface area (Å²) in [6.45, 7) is 3.83. The van der Waals surface area contributed by atoms with Gasteiger partial charge in [0.05, 0.1) is 12.6 Å². The molecule has 17 heavy (non-hydrogen) atoms. The molecule has 1 N–H and O–H groups in total. The van der Waals surface area contributed by atoms with Gasteiger partial charge >= 0.3 is 0 Å². The first-order chi connectivity index (χ1) is 8.35. The van der Waals surface area contributed by atoms with E-state index in [0.29, 0.717) is 6.04 Å². The highest BCUT2D eigenvalue weighted by molar-refractivity contribution is 5.28. The van der Waals surface area contributed by atoms with Crippen molar-refractivity contribution in [3.8, 4) is 0 Å². The number of ether oxygens (including phenoxy) is 1. The summed E-state index contributed by atoms with van der Waals surface area (Å²) in [6, 6.07) is 9.40. The van der Waals surface area contributed by atoms with Crippen LogP contribution < -0.4 is 5.32 Å². The average molecular weight is 233 g/mol. The summed E-state index contributed by atoms with van der Waals surface area (Å²) in [7, 11) is 1.76. The van der Waals surface area contributed by atoms with Crippen LogP contribution in [0.25, 0.3) is 0 Å². The van der Waals surface area contributed by atoms with E-state index < -0.39 is 0 Å². The van der Waals surface area contributed by atoms with E-state index in [4.69, 9.17) is 4.74 Å². The van der Waals surface area contributed by atoms with Crippen LogP contribution in [0.4, 0.5) is 0 Å². The van der Waals surface area contributed by atoms with E-state index in [0.717, 1.165) is 19.1 Å². The molecule has 2 heteroatoms. The molecule has 1 atom stereocenters. The number of rotatable bonds is 6. The van der Waals surface area contributed by atoms with Crippen LogP contribution in [-0.2, 0) is 4.74 Å². The van der Waals surface area contributed by atoms with E-state index in [2.05, 4.69) is 36.5 Å². The normalized spacial score (nSPS) is 17.8. The molecule has 2 rings (SSSR count). The molecule has 1 saturated carbocycles. The maximum absolute atomic E-state index is 5.26. The fourth-order valence-electron chi connectivity index (χ4n) is 2.43. The Kier molecular flexibility index (Phi) is 4.57. The lowest BCUT2D eigenvalue weighted by molar-refractivity contribution is 0.168. The van der Waals surface area contributed by atoms with Gasteiger partial charge in [0.2, 0.25) is 0 Å². The quantitative estimate of drug-likeness (QED) is 0.814. The molecule has 0 spiro atoms. The van der Waals surface area contributed by atoms with Gasteiger partial charge in [-0.1, -0.05) is 37.6 Å². The summed E-state index contributed by atoms with van der Waals surface area (Å²) in [5.74, 6) is 0.823. The Bertz CT molecular complexity index is 323. The topological polar surface area (TPSA) is 21.3 Å². The third-order valence-corrected chi connectivity index (χ3v) is 3.70. The SMILES string of the molecule is CCNC(COC)c1ccc(C2CCC2)cc1. The van der Waals surface area contributed by atoms with Crippen LogP contribution in [0.5, 0.6) is 0 Å². The van der Waals surface area contributed by atoms with E-state index in [1.165, 1.54) is 30.4 Å². The summed E-state index contributed by atoms with van der Waals surface area (Å²) in [4.78, 5) is 0. The predicted octanol–water partition coefficient (Wildman–Crippen LogP) is 3.25. The zero-order valence-corrected chi connectivity index (χ0v) is 10.9. The van der Waals surface area contributed by atoms with E-state index in [1.54, 1.807) is 7.11 Å². The second kappa shape index (κ2) is 6.18. The largest absolute Gasteiger partial charge is 0.383 e. The highest BCUT2D eigenvalue weighted by Gasteiger charge is 2.19. The van der Waals surface area contributed by atoms with Crippen molar-refractivity contribution < 1.29 is 4.74 Å². The summed E-state index contributed by atoms with van der Waals surface area (Å²) in [5, 5.41) is 3.45. The fraction of sp³-hybridized carbons (Fsp3) is 0.600. The van der Waals surface area contributed by atoms with Crippen LogP contribution in [0, 0.1) is 0 Å². The maximum atomic E-state index is 5.26. The molecule has 1 aromatic rings. The minimum absolute atomic E-state index is 0.320. The molecule has 0 saturated heterocycles. The van der Waals surface area contributed by atoms with Gasteiger partial charge in [-0.15, -0.1) is 0 Å². The molecule has 0 radical (unpaired) electrons. The first kappa shape index (κ1) is 12.6. The predicted molar refractivity (Wildman–Crippen MR) is 71.3 cm³/mol. The Balaban J connectivity index is 2.03. The second-order valence-corrected chi connectivity index (χ2v) is 4.86. The zero-order chi connectivity index (χ0) is 12.1. The van der Waals surface area contributed by atoms with Crippen LogP contribution in [0.1, 0.15) is 49.3 Å². The van der Waals surface area contributed by atoms with Gasteiger partial charge in [-0.05, 0) is 36.4 Å². The summed E-state index contributed by atoms with van der Waals surface area (Å²) in [6.07, 6.45) is 4.14. The number of methoxy groups -OCH3 is 1. The van der Waals surface area contributed by atoms with Crippen molar-refractivity contribution in [1.82, 2.24) is 5.32 Å². The third-order valence-electron chi connectivity index (χ3n) is 3.70. The van der Waals surface area contributed by atoms with Crippen molar-refractivity contribution in [3.05, 3.63) is 35.4 Å². The number of hydrogen-bond donors (Lipinski definition) is 1. The standard InChI is InChI=1S/C15H23NO/c1-3-16-15(11-17-2)14-9-7-13(8-10-14)12-5-4-6-12/h7-10,12,15-16H,3-6,11H2,1-2H3. The van der Waals surface area contributed by atoms with Gasteiger partial charge in [0.1, 0.15) is 0 Å². The molecule has 0 aliphatic heterocycles. The molecule has 2 nitrogen and oxygen atoms in total. The van der Waals surface area contributed by atoms with Gasteiger partial charge in [-0.2, -0.15) is 0 Å². The smallest absolute Gasteiger partial charge is 0.0657 e. The Morgan fingerprint density at radius 1 is 1.29 bits per heavy atom. The van der Waals surface area contributed by atoms with Crippen LogP contribution in [0.3, 0.4) is 0 Å². The minimum atomic E-state index is 0.320. The molecule has 1 unspecified atom stereocenters. The van der Waals surface area contributed by atoms with Crippen LogP contribution >= 0.6 is 0 Å². The number of likely N-dealkylation sites (N-methyl/N-ethyl adjacent to an activating group) is 1.